The molecule has 0 fully saturated rings. The van der Waals surface area contributed by atoms with Gasteiger partial charge in [-0.15, -0.1) is 0 Å². The van der Waals surface area contributed by atoms with Crippen LogP contribution < -0.4 is 16.0 Å². The lowest BCUT2D eigenvalue weighted by Crippen LogP contribution is -2.47. The molecule has 3 N–H and O–H groups in total. The Morgan fingerprint density at radius 2 is 2.00 bits per heavy atom. The average molecular weight is 326 g/mol. The van der Waals surface area contributed by atoms with Gasteiger partial charge in [0.05, 0.1) is 11.5 Å². The second kappa shape index (κ2) is 7.89. The normalized spacial score (nSPS) is 13.4. The maximum Gasteiger partial charge on any atom is 0.227 e. The minimum atomic E-state index is -0.628. The Balaban J connectivity index is 2.71. The third-order valence-electron chi connectivity index (χ3n) is 3.55. The summed E-state index contributed by atoms with van der Waals surface area (Å²) in [6.07, 6.45) is 0. The van der Waals surface area contributed by atoms with Crippen LogP contribution in [0.4, 0.5) is 8.78 Å². The molecule has 0 radical (unpaired) electrons. The third kappa shape index (κ3) is 5.19. The van der Waals surface area contributed by atoms with Gasteiger partial charge in [0.25, 0.3) is 0 Å². The van der Waals surface area contributed by atoms with E-state index >= 15 is 0 Å². The lowest BCUT2D eigenvalue weighted by Gasteiger charge is -2.25. The van der Waals surface area contributed by atoms with Crippen molar-refractivity contribution >= 4 is 11.9 Å². The van der Waals surface area contributed by atoms with E-state index in [1.165, 1.54) is 12.1 Å². The molecule has 1 aromatic carbocycles. The summed E-state index contributed by atoms with van der Waals surface area (Å²) < 4.78 is 26.8. The quantitative estimate of drug-likeness (QED) is 0.572. The number of hydrogen-bond acceptors (Lipinski definition) is 2. The van der Waals surface area contributed by atoms with Crippen molar-refractivity contribution in [1.29, 1.82) is 0 Å². The molecule has 0 aliphatic carbocycles. The van der Waals surface area contributed by atoms with E-state index < -0.39 is 23.1 Å². The van der Waals surface area contributed by atoms with Gasteiger partial charge < -0.3 is 16.0 Å². The van der Waals surface area contributed by atoms with E-state index in [1.807, 2.05) is 0 Å². The Hall–Kier alpha value is -2.18. The minimum Gasteiger partial charge on any atom is -0.359 e. The molecule has 0 heterocycles. The summed E-state index contributed by atoms with van der Waals surface area (Å²) in [5, 5.41) is 8.66. The van der Waals surface area contributed by atoms with E-state index in [4.69, 9.17) is 0 Å². The zero-order valence-corrected chi connectivity index (χ0v) is 14.1. The molecule has 1 aromatic rings. The highest BCUT2D eigenvalue weighted by Crippen LogP contribution is 2.18. The number of guanidine groups is 1. The summed E-state index contributed by atoms with van der Waals surface area (Å²) in [7, 11) is 3.16. The van der Waals surface area contributed by atoms with Crippen LogP contribution in [-0.2, 0) is 4.79 Å². The predicted octanol–water partition coefficient (Wildman–Crippen LogP) is 1.96. The van der Waals surface area contributed by atoms with Crippen molar-refractivity contribution in [3.05, 3.63) is 35.4 Å². The summed E-state index contributed by atoms with van der Waals surface area (Å²) >= 11 is 0. The maximum atomic E-state index is 13.8. The largest absolute Gasteiger partial charge is 0.359 e. The highest BCUT2D eigenvalue weighted by molar-refractivity contribution is 5.84. The molecule has 1 atom stereocenters. The molecule has 128 valence electrons. The monoisotopic (exact) mass is 326 g/mol. The van der Waals surface area contributed by atoms with Crippen molar-refractivity contribution in [2.24, 2.45) is 10.4 Å². The van der Waals surface area contributed by atoms with Crippen LogP contribution in [0.5, 0.6) is 0 Å². The molecule has 1 rings (SSSR count). The van der Waals surface area contributed by atoms with E-state index in [0.29, 0.717) is 18.1 Å². The summed E-state index contributed by atoms with van der Waals surface area (Å²) in [4.78, 5) is 15.8. The number of nitrogens with one attached hydrogen (secondary N) is 3. The first-order chi connectivity index (χ1) is 10.7. The summed E-state index contributed by atoms with van der Waals surface area (Å²) in [5.41, 5.74) is -0.295. The van der Waals surface area contributed by atoms with Crippen LogP contribution in [0, 0.1) is 17.0 Å². The third-order valence-corrected chi connectivity index (χ3v) is 3.55. The first-order valence-corrected chi connectivity index (χ1v) is 7.35. The summed E-state index contributed by atoms with van der Waals surface area (Å²) in [6.45, 7) is 5.70. The SMILES string of the molecule is CN=C(NCC(C)(C)C(=O)NC)NC(C)c1ccc(F)cc1F. The molecule has 0 saturated carbocycles. The van der Waals surface area contributed by atoms with Gasteiger partial charge in [0, 0.05) is 32.3 Å². The molecular formula is C16H24F2N4O. The fourth-order valence-corrected chi connectivity index (χ4v) is 2.05. The Morgan fingerprint density at radius 3 is 2.52 bits per heavy atom. The number of hydrogen-bond donors (Lipinski definition) is 3. The van der Waals surface area contributed by atoms with Crippen molar-refractivity contribution in [2.75, 3.05) is 20.6 Å². The van der Waals surface area contributed by atoms with Crippen LogP contribution in [0.1, 0.15) is 32.4 Å². The van der Waals surface area contributed by atoms with Gasteiger partial charge in [0.15, 0.2) is 5.96 Å². The van der Waals surface area contributed by atoms with E-state index in [0.717, 1.165) is 6.07 Å². The molecule has 0 saturated heterocycles. The Labute approximate surface area is 135 Å². The smallest absolute Gasteiger partial charge is 0.227 e. The second-order valence-corrected chi connectivity index (χ2v) is 5.92. The maximum absolute atomic E-state index is 13.8. The van der Waals surface area contributed by atoms with Gasteiger partial charge in [0.2, 0.25) is 5.91 Å². The van der Waals surface area contributed by atoms with Gasteiger partial charge in [-0.3, -0.25) is 9.79 Å². The number of amides is 1. The van der Waals surface area contributed by atoms with Crippen molar-refractivity contribution in [1.82, 2.24) is 16.0 Å². The minimum absolute atomic E-state index is 0.0990. The molecular weight excluding hydrogens is 302 g/mol. The Kier molecular flexibility index (Phi) is 6.48. The fraction of sp³-hybridized carbons (Fsp3) is 0.500. The van der Waals surface area contributed by atoms with E-state index in [1.54, 1.807) is 34.9 Å². The van der Waals surface area contributed by atoms with Crippen molar-refractivity contribution in [2.45, 2.75) is 26.8 Å². The molecule has 1 amide bonds. The topological polar surface area (TPSA) is 65.5 Å². The van der Waals surface area contributed by atoms with Crippen LogP contribution in [-0.4, -0.2) is 32.5 Å². The molecule has 0 aliphatic rings. The van der Waals surface area contributed by atoms with Gasteiger partial charge in [-0.2, -0.15) is 0 Å². The number of rotatable bonds is 5. The van der Waals surface area contributed by atoms with Gasteiger partial charge in [-0.05, 0) is 26.8 Å². The first kappa shape index (κ1) is 18.9. The van der Waals surface area contributed by atoms with E-state index in [9.17, 15) is 13.6 Å². The molecule has 0 bridgehead atoms. The molecule has 0 spiro atoms. The predicted molar refractivity (Wildman–Crippen MR) is 87.1 cm³/mol. The standard InChI is InChI=1S/C16H24F2N4O/c1-10(12-7-6-11(17)8-13(12)18)22-15(20-5)21-9-16(2,3)14(23)19-4/h6-8,10H,9H2,1-5H3,(H,19,23)(H2,20,21,22). The molecule has 0 aromatic heterocycles. The summed E-state index contributed by atoms with van der Waals surface area (Å²) in [5.74, 6) is -0.907. The van der Waals surface area contributed by atoms with Crippen molar-refractivity contribution in [3.8, 4) is 0 Å². The van der Waals surface area contributed by atoms with E-state index in [-0.39, 0.29) is 5.91 Å². The molecule has 1 unspecified atom stereocenters. The summed E-state index contributed by atoms with van der Waals surface area (Å²) in [6, 6.07) is 3.04. The lowest BCUT2D eigenvalue weighted by molar-refractivity contribution is -0.128. The number of halogens is 2. The Morgan fingerprint density at radius 1 is 1.35 bits per heavy atom. The van der Waals surface area contributed by atoms with Crippen LogP contribution in [0.3, 0.4) is 0 Å². The van der Waals surface area contributed by atoms with E-state index in [2.05, 4.69) is 20.9 Å². The first-order valence-electron chi connectivity index (χ1n) is 7.35. The molecule has 23 heavy (non-hydrogen) atoms. The van der Waals surface area contributed by atoms with Crippen LogP contribution in [0.2, 0.25) is 0 Å². The highest BCUT2D eigenvalue weighted by Gasteiger charge is 2.26. The average Bonchev–Trinajstić information content (AvgIpc) is 2.50. The Bertz CT molecular complexity index is 587. The van der Waals surface area contributed by atoms with Gasteiger partial charge in [0.1, 0.15) is 11.6 Å². The number of benzene rings is 1. The van der Waals surface area contributed by atoms with Crippen LogP contribution in [0.25, 0.3) is 0 Å². The van der Waals surface area contributed by atoms with Gasteiger partial charge >= 0.3 is 0 Å². The number of nitrogens with zero attached hydrogens (tertiary/aromatic N) is 1. The fourth-order valence-electron chi connectivity index (χ4n) is 2.05. The zero-order valence-electron chi connectivity index (χ0n) is 14.1. The van der Waals surface area contributed by atoms with Crippen molar-refractivity contribution < 1.29 is 13.6 Å². The molecule has 0 aliphatic heterocycles. The van der Waals surface area contributed by atoms with Crippen LogP contribution in [0.15, 0.2) is 23.2 Å². The van der Waals surface area contributed by atoms with Crippen LogP contribution >= 0.6 is 0 Å². The van der Waals surface area contributed by atoms with Gasteiger partial charge in [-0.1, -0.05) is 6.07 Å². The number of carbonyl (C=O) groups excluding carboxylic acids is 1. The molecule has 7 heteroatoms. The number of aliphatic imine (C=N–C) groups is 1. The second-order valence-electron chi connectivity index (χ2n) is 5.92. The van der Waals surface area contributed by atoms with Gasteiger partial charge in [-0.25, -0.2) is 8.78 Å². The highest BCUT2D eigenvalue weighted by atomic mass is 19.1. The number of carbonyl (C=O) groups is 1. The lowest BCUT2D eigenvalue weighted by atomic mass is 9.92. The van der Waals surface area contributed by atoms with Crippen molar-refractivity contribution in [3.63, 3.8) is 0 Å². The molecule has 5 nitrogen and oxygen atoms in total. The zero-order chi connectivity index (χ0) is 17.6.